The molecular formula is C19H18BrIN2O5. The van der Waals surface area contributed by atoms with Crippen LogP contribution in [-0.2, 0) is 20.7 Å². The van der Waals surface area contributed by atoms with Gasteiger partial charge >= 0.3 is 5.97 Å². The Hall–Kier alpha value is -2.14. The van der Waals surface area contributed by atoms with Crippen molar-refractivity contribution in [2.75, 3.05) is 20.8 Å². The number of methoxy groups -OCH3 is 2. The largest absolute Gasteiger partial charge is 0.493 e. The van der Waals surface area contributed by atoms with Gasteiger partial charge in [-0.05, 0) is 58.0 Å². The van der Waals surface area contributed by atoms with E-state index < -0.39 is 5.97 Å². The standard InChI is InChI=1S/C19H18BrIN2O5/c1-26-16-8-13(7-15(21)19(16)28-11-18(25)27-2)10-22-23-17(24)9-12-3-5-14(20)6-4-12/h3-8,10H,9,11H2,1-2H3,(H,23,24)/b22-10-. The summed E-state index contributed by atoms with van der Waals surface area (Å²) in [6.07, 6.45) is 1.74. The Morgan fingerprint density at radius 2 is 1.93 bits per heavy atom. The second-order valence-corrected chi connectivity index (χ2v) is 7.57. The number of ether oxygens (including phenoxy) is 3. The lowest BCUT2D eigenvalue weighted by atomic mass is 10.1. The maximum Gasteiger partial charge on any atom is 0.343 e. The highest BCUT2D eigenvalue weighted by atomic mass is 127. The molecule has 0 unspecified atom stereocenters. The SMILES string of the molecule is COC(=O)COc1c(I)cc(/C=N\NC(=O)Cc2ccc(Br)cc2)cc1OC. The number of halogens is 2. The summed E-state index contributed by atoms with van der Waals surface area (Å²) in [6, 6.07) is 11.0. The zero-order valence-electron chi connectivity index (χ0n) is 15.2. The normalized spacial score (nSPS) is 10.6. The zero-order chi connectivity index (χ0) is 20.5. The van der Waals surface area contributed by atoms with Crippen LogP contribution in [-0.4, -0.2) is 38.9 Å². The van der Waals surface area contributed by atoms with Gasteiger partial charge < -0.3 is 14.2 Å². The van der Waals surface area contributed by atoms with Gasteiger partial charge in [0.05, 0.1) is 30.4 Å². The fraction of sp³-hybridized carbons (Fsp3) is 0.211. The lowest BCUT2D eigenvalue weighted by Crippen LogP contribution is -2.19. The Morgan fingerprint density at radius 3 is 2.57 bits per heavy atom. The van der Waals surface area contributed by atoms with E-state index in [0.29, 0.717) is 17.1 Å². The Labute approximate surface area is 184 Å². The van der Waals surface area contributed by atoms with E-state index in [1.165, 1.54) is 20.4 Å². The maximum absolute atomic E-state index is 12.0. The van der Waals surface area contributed by atoms with Crippen LogP contribution in [0.25, 0.3) is 0 Å². The van der Waals surface area contributed by atoms with Crippen LogP contribution < -0.4 is 14.9 Å². The highest BCUT2D eigenvalue weighted by Crippen LogP contribution is 2.33. The van der Waals surface area contributed by atoms with E-state index in [2.05, 4.69) is 53.8 Å². The molecule has 2 aromatic carbocycles. The molecule has 0 saturated carbocycles. The number of rotatable bonds is 8. The fourth-order valence-electron chi connectivity index (χ4n) is 2.15. The van der Waals surface area contributed by atoms with Crippen LogP contribution in [0.15, 0.2) is 46.0 Å². The van der Waals surface area contributed by atoms with Crippen molar-refractivity contribution in [1.29, 1.82) is 0 Å². The smallest absolute Gasteiger partial charge is 0.343 e. The van der Waals surface area contributed by atoms with E-state index in [9.17, 15) is 9.59 Å². The molecule has 148 valence electrons. The van der Waals surface area contributed by atoms with Gasteiger partial charge in [0.25, 0.3) is 0 Å². The third-order valence-corrected chi connectivity index (χ3v) is 4.82. The van der Waals surface area contributed by atoms with Gasteiger partial charge in [-0.3, -0.25) is 4.79 Å². The molecule has 0 spiro atoms. The number of hydrogen-bond donors (Lipinski definition) is 1. The molecule has 0 aliphatic carbocycles. The summed E-state index contributed by atoms with van der Waals surface area (Å²) in [7, 11) is 2.79. The molecule has 0 heterocycles. The first-order valence-corrected chi connectivity index (χ1v) is 9.93. The van der Waals surface area contributed by atoms with Gasteiger partial charge in [0.2, 0.25) is 5.91 Å². The monoisotopic (exact) mass is 560 g/mol. The Morgan fingerprint density at radius 1 is 1.21 bits per heavy atom. The fourth-order valence-corrected chi connectivity index (χ4v) is 3.20. The molecule has 0 aromatic heterocycles. The Kier molecular flexibility index (Phi) is 8.71. The number of hydrogen-bond acceptors (Lipinski definition) is 6. The molecule has 1 amide bonds. The molecule has 0 fully saturated rings. The first-order valence-electron chi connectivity index (χ1n) is 8.06. The van der Waals surface area contributed by atoms with Crippen molar-refractivity contribution >= 4 is 56.6 Å². The van der Waals surface area contributed by atoms with E-state index in [0.717, 1.165) is 13.6 Å². The second-order valence-electron chi connectivity index (χ2n) is 5.50. The van der Waals surface area contributed by atoms with Crippen LogP contribution in [0.3, 0.4) is 0 Å². The molecule has 0 aliphatic heterocycles. The topological polar surface area (TPSA) is 86.2 Å². The van der Waals surface area contributed by atoms with Gasteiger partial charge in [0, 0.05) is 4.47 Å². The molecular weight excluding hydrogens is 543 g/mol. The van der Waals surface area contributed by atoms with Gasteiger partial charge in [0.15, 0.2) is 18.1 Å². The third kappa shape index (κ3) is 6.79. The molecule has 0 aliphatic rings. The van der Waals surface area contributed by atoms with Crippen LogP contribution in [0.2, 0.25) is 0 Å². The van der Waals surface area contributed by atoms with Crippen molar-refractivity contribution in [2.24, 2.45) is 5.10 Å². The minimum absolute atomic E-state index is 0.220. The van der Waals surface area contributed by atoms with Gasteiger partial charge in [0.1, 0.15) is 0 Å². The number of esters is 1. The van der Waals surface area contributed by atoms with Crippen molar-refractivity contribution in [1.82, 2.24) is 5.43 Å². The average molecular weight is 561 g/mol. The van der Waals surface area contributed by atoms with Gasteiger partial charge in [-0.2, -0.15) is 5.10 Å². The number of carbonyl (C=O) groups excluding carboxylic acids is 2. The van der Waals surface area contributed by atoms with Crippen molar-refractivity contribution in [3.8, 4) is 11.5 Å². The predicted molar refractivity (Wildman–Crippen MR) is 117 cm³/mol. The maximum atomic E-state index is 12.0. The molecule has 0 bridgehead atoms. The van der Waals surface area contributed by atoms with Crippen LogP contribution in [0.1, 0.15) is 11.1 Å². The van der Waals surface area contributed by atoms with Gasteiger partial charge in [-0.1, -0.05) is 28.1 Å². The van der Waals surface area contributed by atoms with Crippen LogP contribution in [0, 0.1) is 3.57 Å². The van der Waals surface area contributed by atoms with E-state index in [4.69, 9.17) is 9.47 Å². The summed E-state index contributed by atoms with van der Waals surface area (Å²) >= 11 is 5.42. The van der Waals surface area contributed by atoms with Gasteiger partial charge in [-0.25, -0.2) is 10.2 Å². The Balaban J connectivity index is 2.00. The van der Waals surface area contributed by atoms with E-state index in [-0.39, 0.29) is 18.9 Å². The zero-order valence-corrected chi connectivity index (χ0v) is 18.9. The number of nitrogens with zero attached hydrogens (tertiary/aromatic N) is 1. The number of hydrazone groups is 1. The molecule has 1 N–H and O–H groups in total. The number of amides is 1. The first-order chi connectivity index (χ1) is 13.4. The number of nitrogens with one attached hydrogen (secondary N) is 1. The third-order valence-electron chi connectivity index (χ3n) is 3.49. The summed E-state index contributed by atoms with van der Waals surface area (Å²) in [5.74, 6) is 0.165. The van der Waals surface area contributed by atoms with Crippen molar-refractivity contribution < 1.29 is 23.8 Å². The molecule has 0 saturated heterocycles. The van der Waals surface area contributed by atoms with Crippen molar-refractivity contribution in [2.45, 2.75) is 6.42 Å². The summed E-state index contributed by atoms with van der Waals surface area (Å²) in [6.45, 7) is -0.220. The molecule has 9 heteroatoms. The Bertz CT molecular complexity index is 871. The summed E-state index contributed by atoms with van der Waals surface area (Å²) < 4.78 is 17.0. The van der Waals surface area contributed by atoms with Crippen LogP contribution in [0.5, 0.6) is 11.5 Å². The van der Waals surface area contributed by atoms with E-state index >= 15 is 0 Å². The lowest BCUT2D eigenvalue weighted by Gasteiger charge is -2.12. The highest BCUT2D eigenvalue weighted by Gasteiger charge is 2.13. The average Bonchev–Trinajstić information content (AvgIpc) is 2.68. The quantitative estimate of drug-likeness (QED) is 0.232. The summed E-state index contributed by atoms with van der Waals surface area (Å²) in [5, 5.41) is 3.98. The minimum Gasteiger partial charge on any atom is -0.493 e. The van der Waals surface area contributed by atoms with Crippen molar-refractivity contribution in [3.63, 3.8) is 0 Å². The summed E-state index contributed by atoms with van der Waals surface area (Å²) in [4.78, 5) is 23.2. The molecule has 2 rings (SSSR count). The van der Waals surface area contributed by atoms with Crippen LogP contribution in [0.4, 0.5) is 0 Å². The minimum atomic E-state index is -0.489. The second kappa shape index (κ2) is 11.0. The highest BCUT2D eigenvalue weighted by molar-refractivity contribution is 14.1. The molecule has 28 heavy (non-hydrogen) atoms. The summed E-state index contributed by atoms with van der Waals surface area (Å²) in [5.41, 5.74) is 4.09. The first kappa shape index (κ1) is 22.2. The van der Waals surface area contributed by atoms with E-state index in [1.807, 2.05) is 24.3 Å². The molecule has 0 atom stereocenters. The van der Waals surface area contributed by atoms with Crippen LogP contribution >= 0.6 is 38.5 Å². The van der Waals surface area contributed by atoms with Gasteiger partial charge in [-0.15, -0.1) is 0 Å². The molecule has 2 aromatic rings. The van der Waals surface area contributed by atoms with E-state index in [1.54, 1.807) is 12.1 Å². The van der Waals surface area contributed by atoms with Crippen molar-refractivity contribution in [3.05, 3.63) is 55.6 Å². The molecule has 7 nitrogen and oxygen atoms in total. The predicted octanol–water partition coefficient (Wildman–Crippen LogP) is 3.31. The number of carbonyl (C=O) groups is 2. The molecule has 0 radical (unpaired) electrons. The lowest BCUT2D eigenvalue weighted by molar-refractivity contribution is -0.143. The number of benzene rings is 2.